The van der Waals surface area contributed by atoms with Gasteiger partial charge in [-0.15, -0.1) is 6.42 Å². The molecule has 0 N–H and O–H groups in total. The summed E-state index contributed by atoms with van der Waals surface area (Å²) in [4.78, 5) is 24.5. The summed E-state index contributed by atoms with van der Waals surface area (Å²) in [6.07, 6.45) is 6.23. The summed E-state index contributed by atoms with van der Waals surface area (Å²) in [5.41, 5.74) is 1.83. The van der Waals surface area contributed by atoms with E-state index in [9.17, 15) is 9.59 Å². The smallest absolute Gasteiger partial charge is 0.202 e. The third-order valence-corrected chi connectivity index (χ3v) is 4.95. The minimum Gasteiger partial charge on any atom is -0.479 e. The molecule has 29 heavy (non-hydrogen) atoms. The van der Waals surface area contributed by atoms with E-state index < -0.39 is 6.23 Å². The Bertz CT molecular complexity index is 1210. The number of rotatable bonds is 4. The van der Waals surface area contributed by atoms with Crippen molar-refractivity contribution in [3.63, 3.8) is 0 Å². The lowest BCUT2D eigenvalue weighted by molar-refractivity contribution is 0.101. The molecule has 2 heterocycles. The molecule has 0 spiro atoms. The number of carbonyl (C=O) groups is 1. The second kappa shape index (κ2) is 7.50. The van der Waals surface area contributed by atoms with Gasteiger partial charge in [0.05, 0.1) is 16.3 Å². The van der Waals surface area contributed by atoms with Gasteiger partial charge in [0.1, 0.15) is 18.1 Å². The van der Waals surface area contributed by atoms with Crippen molar-refractivity contribution in [1.29, 1.82) is 0 Å². The summed E-state index contributed by atoms with van der Waals surface area (Å²) in [6, 6.07) is 14.3. The van der Waals surface area contributed by atoms with Gasteiger partial charge in [-0.2, -0.15) is 0 Å². The molecular weight excluding hydrogens is 390 g/mol. The number of benzene rings is 2. The van der Waals surface area contributed by atoms with Crippen molar-refractivity contribution in [2.24, 2.45) is 0 Å². The number of hydrogen-bond donors (Lipinski definition) is 0. The Morgan fingerprint density at radius 2 is 2.03 bits per heavy atom. The number of pyridine rings is 1. The standard InChI is InChI=1S/C23H16ClNO4/c1-3-9-28-22-12-21-16(10-18(22)24)19-11-20(27)17(14(2)26)13-25(19)23(29-21)15-7-5-4-6-8-15/h1,4-8,10-13,23H,9H2,2H3. The molecule has 5 nitrogen and oxygen atoms in total. The summed E-state index contributed by atoms with van der Waals surface area (Å²) in [5.74, 6) is 2.99. The lowest BCUT2D eigenvalue weighted by Crippen LogP contribution is -2.27. The lowest BCUT2D eigenvalue weighted by atomic mass is 10.0. The second-order valence-electron chi connectivity index (χ2n) is 6.55. The number of fused-ring (bicyclic) bond motifs is 3. The minimum atomic E-state index is -0.570. The number of nitrogens with zero attached hydrogens (tertiary/aromatic N) is 1. The van der Waals surface area contributed by atoms with Crippen molar-refractivity contribution < 1.29 is 14.3 Å². The zero-order chi connectivity index (χ0) is 20.5. The molecule has 3 aromatic rings. The van der Waals surface area contributed by atoms with E-state index in [-0.39, 0.29) is 23.4 Å². The Kier molecular flexibility index (Phi) is 4.87. The molecule has 1 unspecified atom stereocenters. The maximum absolute atomic E-state index is 12.5. The van der Waals surface area contributed by atoms with Crippen molar-refractivity contribution >= 4 is 17.4 Å². The van der Waals surface area contributed by atoms with Crippen LogP contribution in [-0.2, 0) is 0 Å². The normalized spacial score (nSPS) is 14.2. The Hall–Kier alpha value is -3.49. The molecule has 1 atom stereocenters. The molecule has 0 amide bonds. The van der Waals surface area contributed by atoms with Crippen LogP contribution >= 0.6 is 11.6 Å². The van der Waals surface area contributed by atoms with E-state index in [1.165, 1.54) is 19.2 Å². The first-order valence-electron chi connectivity index (χ1n) is 8.88. The number of carbonyl (C=O) groups excluding carboxylic acids is 1. The quantitative estimate of drug-likeness (QED) is 0.479. The van der Waals surface area contributed by atoms with Gasteiger partial charge in [-0.1, -0.05) is 47.9 Å². The molecule has 0 fully saturated rings. The van der Waals surface area contributed by atoms with Gasteiger partial charge in [0.15, 0.2) is 11.2 Å². The van der Waals surface area contributed by atoms with Gasteiger partial charge >= 0.3 is 0 Å². The van der Waals surface area contributed by atoms with Crippen LogP contribution in [0.2, 0.25) is 5.02 Å². The van der Waals surface area contributed by atoms with E-state index in [1.54, 1.807) is 16.7 Å². The molecule has 1 aromatic heterocycles. The first-order chi connectivity index (χ1) is 14.0. The second-order valence-corrected chi connectivity index (χ2v) is 6.96. The van der Waals surface area contributed by atoms with Crippen LogP contribution in [0.1, 0.15) is 29.1 Å². The van der Waals surface area contributed by atoms with Crippen molar-refractivity contribution in [3.8, 4) is 35.1 Å². The van der Waals surface area contributed by atoms with Crippen molar-refractivity contribution in [3.05, 3.63) is 81.1 Å². The molecule has 0 saturated heterocycles. The molecule has 1 aliphatic rings. The molecule has 6 heteroatoms. The van der Waals surface area contributed by atoms with Gasteiger partial charge < -0.3 is 14.0 Å². The summed E-state index contributed by atoms with van der Waals surface area (Å²) in [5, 5.41) is 0.343. The molecule has 144 valence electrons. The van der Waals surface area contributed by atoms with E-state index in [0.717, 1.165) is 5.56 Å². The highest BCUT2D eigenvalue weighted by Crippen LogP contribution is 2.44. The van der Waals surface area contributed by atoms with Crippen molar-refractivity contribution in [2.45, 2.75) is 13.2 Å². The third kappa shape index (κ3) is 3.39. The van der Waals surface area contributed by atoms with E-state index in [4.69, 9.17) is 27.5 Å². The van der Waals surface area contributed by atoms with Crippen LogP contribution in [0.4, 0.5) is 0 Å². The monoisotopic (exact) mass is 405 g/mol. The van der Waals surface area contributed by atoms with Crippen LogP contribution in [0.5, 0.6) is 11.5 Å². The number of aromatic nitrogens is 1. The van der Waals surface area contributed by atoms with Crippen LogP contribution in [0.25, 0.3) is 11.3 Å². The van der Waals surface area contributed by atoms with E-state index in [0.29, 0.717) is 27.8 Å². The molecule has 0 radical (unpaired) electrons. The largest absolute Gasteiger partial charge is 0.479 e. The zero-order valence-corrected chi connectivity index (χ0v) is 16.3. The number of halogens is 1. The summed E-state index contributed by atoms with van der Waals surface area (Å²) in [6.45, 7) is 1.43. The lowest BCUT2D eigenvalue weighted by Gasteiger charge is -2.32. The molecule has 2 aromatic carbocycles. The van der Waals surface area contributed by atoms with Gasteiger partial charge in [-0.05, 0) is 13.0 Å². The SMILES string of the molecule is C#CCOc1cc2c(cc1Cl)-c1cc(=O)c(C(C)=O)cn1C(c1ccccc1)O2. The highest BCUT2D eigenvalue weighted by atomic mass is 35.5. The first kappa shape index (κ1) is 18.9. The molecule has 4 rings (SSSR count). The molecule has 0 saturated carbocycles. The average molecular weight is 406 g/mol. The fourth-order valence-corrected chi connectivity index (χ4v) is 3.53. The van der Waals surface area contributed by atoms with E-state index >= 15 is 0 Å². The zero-order valence-electron chi connectivity index (χ0n) is 15.5. The number of ketones is 1. The van der Waals surface area contributed by atoms with Crippen LogP contribution in [-0.4, -0.2) is 17.0 Å². The topological polar surface area (TPSA) is 57.5 Å². The number of terminal acetylenes is 1. The molecule has 0 aliphatic carbocycles. The van der Waals surface area contributed by atoms with Gasteiger partial charge in [0.25, 0.3) is 0 Å². The van der Waals surface area contributed by atoms with E-state index in [2.05, 4.69) is 5.92 Å². The average Bonchev–Trinajstić information content (AvgIpc) is 2.72. The Labute approximate surface area is 172 Å². The predicted molar refractivity (Wildman–Crippen MR) is 111 cm³/mol. The van der Waals surface area contributed by atoms with Crippen LogP contribution in [0, 0.1) is 12.3 Å². The van der Waals surface area contributed by atoms with Crippen LogP contribution in [0.15, 0.2) is 59.5 Å². The number of ether oxygens (including phenoxy) is 2. The number of Topliss-reactive ketones (excluding diaryl/α,β-unsaturated/α-hetero) is 1. The fourth-order valence-electron chi connectivity index (χ4n) is 3.31. The Morgan fingerprint density at radius 1 is 1.28 bits per heavy atom. The maximum atomic E-state index is 12.5. The van der Waals surface area contributed by atoms with E-state index in [1.807, 2.05) is 30.3 Å². The minimum absolute atomic E-state index is 0.0681. The fraction of sp³-hybridized carbons (Fsp3) is 0.130. The summed E-state index contributed by atoms with van der Waals surface area (Å²) < 4.78 is 13.5. The predicted octanol–water partition coefficient (Wildman–Crippen LogP) is 4.32. The molecule has 0 bridgehead atoms. The Balaban J connectivity index is 1.95. The highest BCUT2D eigenvalue weighted by Gasteiger charge is 2.29. The van der Waals surface area contributed by atoms with Crippen molar-refractivity contribution in [2.75, 3.05) is 6.61 Å². The highest BCUT2D eigenvalue weighted by molar-refractivity contribution is 6.32. The van der Waals surface area contributed by atoms with Crippen molar-refractivity contribution in [1.82, 2.24) is 4.57 Å². The first-order valence-corrected chi connectivity index (χ1v) is 9.26. The van der Waals surface area contributed by atoms with Gasteiger partial charge in [-0.3, -0.25) is 9.59 Å². The van der Waals surface area contributed by atoms with Gasteiger partial charge in [-0.25, -0.2) is 0 Å². The van der Waals surface area contributed by atoms with Gasteiger partial charge in [0.2, 0.25) is 6.23 Å². The Morgan fingerprint density at radius 3 is 2.72 bits per heavy atom. The summed E-state index contributed by atoms with van der Waals surface area (Å²) in [7, 11) is 0. The van der Waals surface area contributed by atoms with Crippen LogP contribution in [0.3, 0.4) is 0 Å². The molecule has 1 aliphatic heterocycles. The third-order valence-electron chi connectivity index (χ3n) is 4.66. The summed E-state index contributed by atoms with van der Waals surface area (Å²) >= 11 is 6.35. The molecular formula is C23H16ClNO4. The maximum Gasteiger partial charge on any atom is 0.202 e. The van der Waals surface area contributed by atoms with Gasteiger partial charge in [0, 0.05) is 29.5 Å². The number of hydrogen-bond acceptors (Lipinski definition) is 4. The van der Waals surface area contributed by atoms with Crippen LogP contribution < -0.4 is 14.9 Å².